The van der Waals surface area contributed by atoms with Gasteiger partial charge in [-0.15, -0.1) is 4.68 Å². The van der Waals surface area contributed by atoms with E-state index in [4.69, 9.17) is 0 Å². The van der Waals surface area contributed by atoms with Crippen molar-refractivity contribution >= 4 is 29.1 Å². The number of nitrogens with one attached hydrogen (secondary N) is 1. The molecule has 0 radical (unpaired) electrons. The van der Waals surface area contributed by atoms with Crippen molar-refractivity contribution in [1.82, 2.24) is 9.78 Å². The van der Waals surface area contributed by atoms with E-state index in [2.05, 4.69) is 10.1 Å². The number of nitrogens with zero attached hydrogens (tertiary/aromatic N) is 5. The number of phenolic OH excluding ortho intramolecular Hbond substituents is 1. The first-order chi connectivity index (χ1) is 14.2. The van der Waals surface area contributed by atoms with Crippen LogP contribution in [0.5, 0.6) is 5.75 Å². The van der Waals surface area contributed by atoms with Crippen LogP contribution in [0, 0.1) is 30.3 Å². The van der Waals surface area contributed by atoms with Crippen molar-refractivity contribution in [2.24, 2.45) is 4.99 Å². The molecule has 3 aromatic rings. The molecule has 0 aliphatic rings. The van der Waals surface area contributed by atoms with Crippen molar-refractivity contribution < 1.29 is 19.9 Å². The van der Waals surface area contributed by atoms with E-state index < -0.39 is 54.5 Å². The van der Waals surface area contributed by atoms with Crippen LogP contribution in [-0.4, -0.2) is 35.9 Å². The number of H-pyrrole nitrogens is 1. The molecule has 30 heavy (non-hydrogen) atoms. The smallest absolute Gasteiger partial charge is 0.354 e. The lowest BCUT2D eigenvalue weighted by molar-refractivity contribution is -0.394. The first-order valence-electron chi connectivity index (χ1n) is 7.95. The maximum absolute atomic E-state index is 12.6. The second kappa shape index (κ2) is 7.63. The molecule has 2 N–H and O–H groups in total. The van der Waals surface area contributed by atoms with E-state index in [1.165, 1.54) is 12.1 Å². The second-order valence-corrected chi connectivity index (χ2v) is 5.71. The Bertz CT molecular complexity index is 1260. The fourth-order valence-electron chi connectivity index (χ4n) is 2.52. The number of para-hydroxylation sites is 1. The Kier molecular flexibility index (Phi) is 5.05. The number of nitro groups is 3. The van der Waals surface area contributed by atoms with Crippen molar-refractivity contribution in [2.75, 3.05) is 0 Å². The summed E-state index contributed by atoms with van der Waals surface area (Å²) in [5.41, 5.74) is -3.44. The van der Waals surface area contributed by atoms with E-state index in [9.17, 15) is 40.2 Å². The van der Waals surface area contributed by atoms with Gasteiger partial charge in [-0.1, -0.05) is 18.2 Å². The number of nitro benzene ring substituents is 2. The van der Waals surface area contributed by atoms with Gasteiger partial charge in [-0.25, -0.2) is 0 Å². The topological polar surface area (TPSA) is 200 Å². The summed E-state index contributed by atoms with van der Waals surface area (Å²) in [6.45, 7) is 0. The second-order valence-electron chi connectivity index (χ2n) is 5.71. The summed E-state index contributed by atoms with van der Waals surface area (Å²) < 4.78 is 0.884. The van der Waals surface area contributed by atoms with Crippen LogP contribution >= 0.6 is 0 Å². The van der Waals surface area contributed by atoms with Crippen LogP contribution in [0.15, 0.2) is 52.3 Å². The number of aromatic nitrogens is 2. The number of phenols is 1. The minimum atomic E-state index is -1.05. The number of aromatic hydroxyl groups is 1. The molecule has 0 aliphatic carbocycles. The first-order valence-corrected chi connectivity index (χ1v) is 7.95. The summed E-state index contributed by atoms with van der Waals surface area (Å²) in [6.07, 6.45) is 0.693. The van der Waals surface area contributed by atoms with Gasteiger partial charge in [-0.3, -0.25) is 30.0 Å². The van der Waals surface area contributed by atoms with Crippen LogP contribution < -0.4 is 5.56 Å². The van der Waals surface area contributed by atoms with Crippen molar-refractivity contribution in [2.45, 2.75) is 0 Å². The van der Waals surface area contributed by atoms with E-state index in [0.29, 0.717) is 18.0 Å². The SMILES string of the molecule is O=c1c(C=Nc2cc([N+](=O)[O-])cc([N+](=O)[O-])c2O)c([N+](=O)[O-])[nH]n1-c1ccccc1. The third-order valence-electron chi connectivity index (χ3n) is 3.90. The molecule has 152 valence electrons. The molecular weight excluding hydrogens is 404 g/mol. The predicted molar refractivity (Wildman–Crippen MR) is 102 cm³/mol. The Balaban J connectivity index is 2.16. The predicted octanol–water partition coefficient (Wildman–Crippen LogP) is 2.35. The van der Waals surface area contributed by atoms with E-state index in [1.807, 2.05) is 0 Å². The van der Waals surface area contributed by atoms with Gasteiger partial charge in [0.25, 0.3) is 5.69 Å². The number of rotatable bonds is 6. The van der Waals surface area contributed by atoms with Gasteiger partial charge in [0.15, 0.2) is 5.56 Å². The van der Waals surface area contributed by atoms with Gasteiger partial charge in [0.1, 0.15) is 5.69 Å². The van der Waals surface area contributed by atoms with Crippen molar-refractivity contribution in [3.05, 3.63) is 88.7 Å². The van der Waals surface area contributed by atoms with Crippen LogP contribution in [0.2, 0.25) is 0 Å². The zero-order valence-corrected chi connectivity index (χ0v) is 14.7. The molecule has 0 bridgehead atoms. The van der Waals surface area contributed by atoms with Crippen molar-refractivity contribution in [3.8, 4) is 11.4 Å². The van der Waals surface area contributed by atoms with E-state index in [0.717, 1.165) is 10.7 Å². The van der Waals surface area contributed by atoms with Gasteiger partial charge in [0.05, 0.1) is 21.6 Å². The molecule has 14 heteroatoms. The lowest BCUT2D eigenvalue weighted by Crippen LogP contribution is -2.17. The third kappa shape index (κ3) is 3.59. The maximum atomic E-state index is 12.6. The normalized spacial score (nSPS) is 10.9. The molecule has 0 saturated carbocycles. The highest BCUT2D eigenvalue weighted by molar-refractivity contribution is 5.87. The van der Waals surface area contributed by atoms with Crippen LogP contribution in [0.4, 0.5) is 22.9 Å². The average Bonchev–Trinajstić information content (AvgIpc) is 3.04. The van der Waals surface area contributed by atoms with Crippen LogP contribution in [0.25, 0.3) is 5.69 Å². The van der Waals surface area contributed by atoms with Crippen molar-refractivity contribution in [1.29, 1.82) is 0 Å². The van der Waals surface area contributed by atoms with E-state index in [1.54, 1.807) is 18.2 Å². The molecule has 0 spiro atoms. The Morgan fingerprint density at radius 2 is 1.67 bits per heavy atom. The minimum Gasteiger partial charge on any atom is -0.501 e. The molecule has 0 unspecified atom stereocenters. The number of non-ortho nitro benzene ring substituents is 1. The molecule has 1 heterocycles. The molecule has 2 aromatic carbocycles. The Labute approximate surface area is 164 Å². The summed E-state index contributed by atoms with van der Waals surface area (Å²) in [6, 6.07) is 9.16. The largest absolute Gasteiger partial charge is 0.501 e. The highest BCUT2D eigenvalue weighted by Gasteiger charge is 2.25. The Morgan fingerprint density at radius 1 is 1.00 bits per heavy atom. The third-order valence-corrected chi connectivity index (χ3v) is 3.90. The monoisotopic (exact) mass is 414 g/mol. The van der Waals surface area contributed by atoms with Crippen LogP contribution in [0.1, 0.15) is 5.56 Å². The zero-order chi connectivity index (χ0) is 22.0. The minimum absolute atomic E-state index is 0.291. The van der Waals surface area contributed by atoms with Gasteiger partial charge < -0.3 is 15.2 Å². The summed E-state index contributed by atoms with van der Waals surface area (Å²) in [4.78, 5) is 46.7. The van der Waals surface area contributed by atoms with E-state index in [-0.39, 0.29) is 0 Å². The summed E-state index contributed by atoms with van der Waals surface area (Å²) in [5.74, 6) is -1.73. The Hall–Kier alpha value is -4.88. The number of aliphatic imine (C=N–C) groups is 1. The number of hydrogen-bond donors (Lipinski definition) is 2. The van der Waals surface area contributed by atoms with Gasteiger partial charge in [-0.05, 0) is 17.1 Å². The fraction of sp³-hybridized carbons (Fsp3) is 0. The van der Waals surface area contributed by atoms with Gasteiger partial charge in [0.2, 0.25) is 5.75 Å². The number of hydrogen-bond acceptors (Lipinski definition) is 9. The molecule has 1 aromatic heterocycles. The standard InChI is InChI=1S/C16H10N6O8/c23-14-12(6-10(20(25)26)7-13(14)21(27)28)17-8-11-15(22(29)30)18-19(16(11)24)9-4-2-1-3-5-9/h1-8,18,23H. The lowest BCUT2D eigenvalue weighted by Gasteiger charge is -2.00. The van der Waals surface area contributed by atoms with E-state index >= 15 is 0 Å². The molecule has 0 atom stereocenters. The van der Waals surface area contributed by atoms with Gasteiger partial charge >= 0.3 is 17.1 Å². The summed E-state index contributed by atoms with van der Waals surface area (Å²) in [5, 5.41) is 45.6. The number of benzene rings is 2. The van der Waals surface area contributed by atoms with Gasteiger partial charge in [0, 0.05) is 12.3 Å². The number of aromatic amines is 1. The molecule has 0 fully saturated rings. The van der Waals surface area contributed by atoms with Crippen molar-refractivity contribution in [3.63, 3.8) is 0 Å². The fourth-order valence-corrected chi connectivity index (χ4v) is 2.52. The summed E-state index contributed by atoms with van der Waals surface area (Å²) in [7, 11) is 0. The zero-order valence-electron chi connectivity index (χ0n) is 14.7. The lowest BCUT2D eigenvalue weighted by atomic mass is 10.2. The molecule has 3 rings (SSSR count). The highest BCUT2D eigenvalue weighted by Crippen LogP contribution is 2.39. The molecule has 14 nitrogen and oxygen atoms in total. The Morgan fingerprint density at radius 3 is 2.23 bits per heavy atom. The molecule has 0 aliphatic heterocycles. The maximum Gasteiger partial charge on any atom is 0.354 e. The molecular formula is C16H10N6O8. The quantitative estimate of drug-likeness (QED) is 0.347. The highest BCUT2D eigenvalue weighted by atomic mass is 16.6. The average molecular weight is 414 g/mol. The van der Waals surface area contributed by atoms with Crippen LogP contribution in [0.3, 0.4) is 0 Å². The van der Waals surface area contributed by atoms with Gasteiger partial charge in [-0.2, -0.15) is 5.10 Å². The summed E-state index contributed by atoms with van der Waals surface area (Å²) >= 11 is 0. The van der Waals surface area contributed by atoms with Crippen LogP contribution in [-0.2, 0) is 0 Å². The molecule has 0 amide bonds. The first kappa shape index (κ1) is 19.9. The molecule has 0 saturated heterocycles.